The lowest BCUT2D eigenvalue weighted by molar-refractivity contribution is -0.133. The van der Waals surface area contributed by atoms with Crippen molar-refractivity contribution in [3.05, 3.63) is 71.9 Å². The number of carbonyl (C=O) groups excluding carboxylic acids is 2. The van der Waals surface area contributed by atoms with E-state index in [9.17, 15) is 9.59 Å². The third kappa shape index (κ3) is 7.02. The highest BCUT2D eigenvalue weighted by Gasteiger charge is 2.20. The van der Waals surface area contributed by atoms with E-state index >= 15 is 0 Å². The van der Waals surface area contributed by atoms with Gasteiger partial charge >= 0.3 is 6.03 Å². The van der Waals surface area contributed by atoms with Gasteiger partial charge in [-0.05, 0) is 67.1 Å². The lowest BCUT2D eigenvalue weighted by Gasteiger charge is -2.23. The molecule has 10 heteroatoms. The number of anilines is 3. The third-order valence-electron chi connectivity index (χ3n) is 5.70. The number of hydrogen-bond donors (Lipinski definition) is 2. The molecule has 2 N–H and O–H groups in total. The highest BCUT2D eigenvalue weighted by atomic mass is 35.5. The number of halogens is 1. The molecule has 0 saturated carbocycles. The van der Waals surface area contributed by atoms with Gasteiger partial charge in [-0.1, -0.05) is 11.6 Å². The second-order valence-corrected chi connectivity index (χ2v) is 8.61. The zero-order valence-electron chi connectivity index (χ0n) is 19.9. The molecular weight excluding hydrogens is 482 g/mol. The predicted octanol–water partition coefficient (Wildman–Crippen LogP) is 4.51. The molecule has 1 aliphatic rings. The van der Waals surface area contributed by atoms with Crippen LogP contribution in [-0.4, -0.2) is 61.7 Å². The van der Waals surface area contributed by atoms with E-state index in [0.29, 0.717) is 47.5 Å². The van der Waals surface area contributed by atoms with Crippen LogP contribution in [0.1, 0.15) is 6.42 Å². The van der Waals surface area contributed by atoms with Gasteiger partial charge in [0, 0.05) is 36.9 Å². The van der Waals surface area contributed by atoms with Crippen LogP contribution in [0, 0.1) is 0 Å². The Kier molecular flexibility index (Phi) is 8.46. The molecule has 0 bridgehead atoms. The van der Waals surface area contributed by atoms with E-state index in [1.807, 2.05) is 17.0 Å². The topological polar surface area (TPSA) is 96.0 Å². The van der Waals surface area contributed by atoms with Crippen molar-refractivity contribution in [2.45, 2.75) is 6.42 Å². The number of methoxy groups -OCH3 is 1. The molecule has 188 valence electrons. The van der Waals surface area contributed by atoms with Crippen LogP contribution in [0.5, 0.6) is 11.5 Å². The molecule has 3 amide bonds. The van der Waals surface area contributed by atoms with Crippen molar-refractivity contribution in [3.63, 3.8) is 0 Å². The molecule has 1 fully saturated rings. The zero-order valence-corrected chi connectivity index (χ0v) is 20.7. The Labute approximate surface area is 215 Å². The van der Waals surface area contributed by atoms with Crippen molar-refractivity contribution < 1.29 is 19.1 Å². The third-order valence-corrected chi connectivity index (χ3v) is 5.95. The van der Waals surface area contributed by atoms with Crippen molar-refractivity contribution in [1.82, 2.24) is 9.88 Å². The Morgan fingerprint density at radius 2 is 1.58 bits per heavy atom. The molecule has 1 aromatic heterocycles. The molecule has 4 rings (SSSR count). The summed E-state index contributed by atoms with van der Waals surface area (Å²) in [6, 6.07) is 17.3. The molecule has 36 heavy (non-hydrogen) atoms. The Balaban J connectivity index is 1.25. The van der Waals surface area contributed by atoms with Gasteiger partial charge in [0.1, 0.15) is 17.3 Å². The van der Waals surface area contributed by atoms with Crippen LogP contribution in [0.3, 0.4) is 0 Å². The van der Waals surface area contributed by atoms with Gasteiger partial charge in [0.2, 0.25) is 0 Å². The van der Waals surface area contributed by atoms with E-state index in [2.05, 4.69) is 20.5 Å². The average Bonchev–Trinajstić information content (AvgIpc) is 3.16. The molecule has 2 aromatic carbocycles. The predicted molar refractivity (Wildman–Crippen MR) is 140 cm³/mol. The van der Waals surface area contributed by atoms with Gasteiger partial charge < -0.3 is 29.9 Å². The Hall–Kier alpha value is -3.98. The molecule has 9 nitrogen and oxygen atoms in total. The lowest BCUT2D eigenvalue weighted by atomic mass is 10.3. The van der Waals surface area contributed by atoms with Crippen molar-refractivity contribution in [3.8, 4) is 11.5 Å². The van der Waals surface area contributed by atoms with Gasteiger partial charge in [-0.15, -0.1) is 0 Å². The van der Waals surface area contributed by atoms with Gasteiger partial charge in [-0.25, -0.2) is 9.78 Å². The molecule has 1 aliphatic heterocycles. The molecule has 1 saturated heterocycles. The largest absolute Gasteiger partial charge is 0.497 e. The molecule has 0 unspecified atom stereocenters. The minimum Gasteiger partial charge on any atom is -0.497 e. The van der Waals surface area contributed by atoms with Crippen LogP contribution < -0.4 is 25.0 Å². The number of carbonyl (C=O) groups is 2. The summed E-state index contributed by atoms with van der Waals surface area (Å²) in [6.45, 7) is 2.65. The fourth-order valence-electron chi connectivity index (χ4n) is 3.78. The maximum absolute atomic E-state index is 12.6. The van der Waals surface area contributed by atoms with Gasteiger partial charge in [-0.3, -0.25) is 4.79 Å². The number of pyridine rings is 1. The summed E-state index contributed by atoms with van der Waals surface area (Å²) in [5.41, 5.74) is 1.23. The maximum atomic E-state index is 12.6. The number of nitrogens with one attached hydrogen (secondary N) is 2. The monoisotopic (exact) mass is 509 g/mol. The standard InChI is InChI=1S/C26H28ClN5O4/c1-35-22-10-5-20(6-11-22)29-26(34)30-21-7-12-24(28-17-21)31-13-2-14-32(16-15-31)25(33)18-36-23-8-3-19(27)4-9-23/h3-12,17H,2,13-16,18H2,1H3,(H2,29,30,34). The molecule has 0 atom stereocenters. The number of rotatable bonds is 7. The number of benzene rings is 2. The van der Waals surface area contributed by atoms with Crippen LogP contribution in [0.15, 0.2) is 66.9 Å². The van der Waals surface area contributed by atoms with Crippen LogP contribution in [-0.2, 0) is 4.79 Å². The summed E-state index contributed by atoms with van der Waals surface area (Å²) in [5, 5.41) is 6.17. The molecule has 0 spiro atoms. The van der Waals surface area contributed by atoms with E-state index < -0.39 is 0 Å². The van der Waals surface area contributed by atoms with Gasteiger partial charge in [-0.2, -0.15) is 0 Å². The van der Waals surface area contributed by atoms with E-state index in [-0.39, 0.29) is 18.5 Å². The summed E-state index contributed by atoms with van der Waals surface area (Å²) in [5.74, 6) is 2.07. The van der Waals surface area contributed by atoms with Crippen LogP contribution >= 0.6 is 11.6 Å². The SMILES string of the molecule is COc1ccc(NC(=O)Nc2ccc(N3CCCN(C(=O)COc4ccc(Cl)cc4)CC3)nc2)cc1. The normalized spacial score (nSPS) is 13.5. The highest BCUT2D eigenvalue weighted by molar-refractivity contribution is 6.30. The molecule has 0 radical (unpaired) electrons. The molecular formula is C26H28ClN5O4. The molecule has 2 heterocycles. The second kappa shape index (κ2) is 12.1. The van der Waals surface area contributed by atoms with E-state index in [1.54, 1.807) is 61.8 Å². The summed E-state index contributed by atoms with van der Waals surface area (Å²) in [4.78, 5) is 33.4. The van der Waals surface area contributed by atoms with Crippen molar-refractivity contribution in [2.75, 3.05) is 55.4 Å². The summed E-state index contributed by atoms with van der Waals surface area (Å²) in [7, 11) is 1.59. The zero-order chi connectivity index (χ0) is 25.3. The highest BCUT2D eigenvalue weighted by Crippen LogP contribution is 2.19. The minimum absolute atomic E-state index is 0.0150. The smallest absolute Gasteiger partial charge is 0.323 e. The fourth-order valence-corrected chi connectivity index (χ4v) is 3.90. The van der Waals surface area contributed by atoms with Crippen LogP contribution in [0.2, 0.25) is 5.02 Å². The Morgan fingerprint density at radius 3 is 2.28 bits per heavy atom. The van der Waals surface area contributed by atoms with Crippen molar-refractivity contribution >= 4 is 40.7 Å². The first-order chi connectivity index (χ1) is 17.5. The summed E-state index contributed by atoms with van der Waals surface area (Å²) < 4.78 is 10.7. The number of urea groups is 1. The number of nitrogens with zero attached hydrogens (tertiary/aromatic N) is 3. The van der Waals surface area contributed by atoms with Crippen LogP contribution in [0.25, 0.3) is 0 Å². The average molecular weight is 510 g/mol. The van der Waals surface area contributed by atoms with E-state index in [1.165, 1.54) is 0 Å². The van der Waals surface area contributed by atoms with Crippen molar-refractivity contribution in [1.29, 1.82) is 0 Å². The first-order valence-corrected chi connectivity index (χ1v) is 12.0. The quantitative estimate of drug-likeness (QED) is 0.486. The van der Waals surface area contributed by atoms with Gasteiger partial charge in [0.25, 0.3) is 5.91 Å². The number of aromatic nitrogens is 1. The van der Waals surface area contributed by atoms with Gasteiger partial charge in [0.05, 0.1) is 19.0 Å². The maximum Gasteiger partial charge on any atom is 0.323 e. The molecule has 3 aromatic rings. The minimum atomic E-state index is -0.362. The first kappa shape index (κ1) is 25.1. The van der Waals surface area contributed by atoms with Crippen LogP contribution in [0.4, 0.5) is 22.0 Å². The number of hydrogen-bond acceptors (Lipinski definition) is 6. The van der Waals surface area contributed by atoms with Gasteiger partial charge in [0.15, 0.2) is 6.61 Å². The summed E-state index contributed by atoms with van der Waals surface area (Å²) in [6.07, 6.45) is 2.44. The molecule has 0 aliphatic carbocycles. The summed E-state index contributed by atoms with van der Waals surface area (Å²) >= 11 is 5.88. The first-order valence-electron chi connectivity index (χ1n) is 11.6. The van der Waals surface area contributed by atoms with Crippen molar-refractivity contribution in [2.24, 2.45) is 0 Å². The Morgan fingerprint density at radius 1 is 0.889 bits per heavy atom. The van der Waals surface area contributed by atoms with E-state index in [0.717, 1.165) is 18.8 Å². The lowest BCUT2D eigenvalue weighted by Crippen LogP contribution is -2.38. The second-order valence-electron chi connectivity index (χ2n) is 8.18. The van der Waals surface area contributed by atoms with E-state index in [4.69, 9.17) is 21.1 Å². The Bertz CT molecular complexity index is 1160. The number of ether oxygens (including phenoxy) is 2. The fraction of sp³-hybridized carbons (Fsp3) is 0.269. The number of amides is 3.